The molecule has 1 aromatic heterocycles. The average Bonchev–Trinajstić information content (AvgIpc) is 2.68. The first-order valence-corrected chi connectivity index (χ1v) is 9.16. The highest BCUT2D eigenvalue weighted by Gasteiger charge is 2.44. The second-order valence-corrected chi connectivity index (χ2v) is 6.68. The molecule has 1 aliphatic rings. The largest absolute Gasteiger partial charge is 0.504 e. The molecule has 0 aliphatic carbocycles. The Morgan fingerprint density at radius 2 is 2.00 bits per heavy atom. The van der Waals surface area contributed by atoms with Crippen LogP contribution >= 0.6 is 0 Å². The van der Waals surface area contributed by atoms with Gasteiger partial charge in [-0.1, -0.05) is 13.3 Å². The molecule has 29 heavy (non-hydrogen) atoms. The third-order valence-electron chi connectivity index (χ3n) is 4.46. The van der Waals surface area contributed by atoms with Gasteiger partial charge in [0.1, 0.15) is 23.5 Å². The molecule has 0 spiro atoms. The summed E-state index contributed by atoms with van der Waals surface area (Å²) in [6.45, 7) is 3.81. The standard InChI is InChI=1S/C20H22O9/c1-3-4-7-26-19(25)18-16(23)15(22)17(24)20(29-18)27-11-5-6-12-10(2)8-14(21)28-13(12)9-11/h5-6,8-9,15-16,18,22-24H,3-4,7H2,1-2H3/t15?,16-,18?/m0/s1. The Kier molecular flexibility index (Phi) is 6.09. The molecule has 2 unspecified atom stereocenters. The molecule has 0 bridgehead atoms. The van der Waals surface area contributed by atoms with Gasteiger partial charge in [0.15, 0.2) is 0 Å². The number of unbranched alkanes of at least 4 members (excludes halogenated alkanes) is 1. The lowest BCUT2D eigenvalue weighted by Crippen LogP contribution is -2.49. The Balaban J connectivity index is 1.84. The van der Waals surface area contributed by atoms with Gasteiger partial charge in [-0.3, -0.25) is 0 Å². The van der Waals surface area contributed by atoms with Crippen LogP contribution < -0.4 is 10.4 Å². The number of esters is 1. The Labute approximate surface area is 165 Å². The van der Waals surface area contributed by atoms with Crippen LogP contribution in [0.15, 0.2) is 45.2 Å². The average molecular weight is 406 g/mol. The number of aliphatic hydroxyl groups is 3. The van der Waals surface area contributed by atoms with Crippen LogP contribution in [0.3, 0.4) is 0 Å². The van der Waals surface area contributed by atoms with Crippen molar-refractivity contribution >= 4 is 16.9 Å². The van der Waals surface area contributed by atoms with Crippen LogP contribution in [0.25, 0.3) is 11.0 Å². The van der Waals surface area contributed by atoms with E-state index in [1.54, 1.807) is 13.0 Å². The summed E-state index contributed by atoms with van der Waals surface area (Å²) in [7, 11) is 0. The van der Waals surface area contributed by atoms with Crippen molar-refractivity contribution in [2.45, 2.75) is 45.0 Å². The number of ether oxygens (including phenoxy) is 3. The van der Waals surface area contributed by atoms with Crippen LogP contribution in [-0.2, 0) is 14.3 Å². The van der Waals surface area contributed by atoms with Crippen molar-refractivity contribution in [2.24, 2.45) is 0 Å². The van der Waals surface area contributed by atoms with E-state index in [0.29, 0.717) is 17.4 Å². The summed E-state index contributed by atoms with van der Waals surface area (Å²) in [6, 6.07) is 5.93. The molecule has 1 aliphatic heterocycles. The van der Waals surface area contributed by atoms with E-state index in [2.05, 4.69) is 0 Å². The van der Waals surface area contributed by atoms with E-state index in [4.69, 9.17) is 18.6 Å². The minimum Gasteiger partial charge on any atom is -0.504 e. The van der Waals surface area contributed by atoms with Gasteiger partial charge in [-0.15, -0.1) is 0 Å². The van der Waals surface area contributed by atoms with Crippen LogP contribution in [0.5, 0.6) is 5.75 Å². The zero-order chi connectivity index (χ0) is 21.1. The molecular weight excluding hydrogens is 384 g/mol. The fourth-order valence-electron chi connectivity index (χ4n) is 2.83. The maximum absolute atomic E-state index is 12.2. The molecule has 3 N–H and O–H groups in total. The van der Waals surface area contributed by atoms with Gasteiger partial charge in [0.25, 0.3) is 0 Å². The SMILES string of the molecule is CCCCOC(=O)C1OC(Oc2ccc3c(C)cc(=O)oc3c2)=C(O)C(O)[C@@H]1O. The van der Waals surface area contributed by atoms with E-state index < -0.39 is 41.6 Å². The minimum atomic E-state index is -1.80. The van der Waals surface area contributed by atoms with Gasteiger partial charge in [-0.25, -0.2) is 9.59 Å². The molecule has 0 amide bonds. The van der Waals surface area contributed by atoms with Crippen LogP contribution in [-0.4, -0.2) is 46.2 Å². The molecule has 9 heteroatoms. The van der Waals surface area contributed by atoms with Crippen LogP contribution in [0.1, 0.15) is 25.3 Å². The van der Waals surface area contributed by atoms with Crippen molar-refractivity contribution in [1.29, 1.82) is 0 Å². The summed E-state index contributed by atoms with van der Waals surface area (Å²) < 4.78 is 20.9. The number of carbonyl (C=O) groups is 1. The number of aryl methyl sites for hydroxylation is 1. The van der Waals surface area contributed by atoms with Crippen LogP contribution in [0.2, 0.25) is 0 Å². The van der Waals surface area contributed by atoms with Gasteiger partial charge >= 0.3 is 17.5 Å². The molecule has 156 valence electrons. The summed E-state index contributed by atoms with van der Waals surface area (Å²) in [5, 5.41) is 30.9. The number of rotatable bonds is 6. The number of fused-ring (bicyclic) bond motifs is 1. The van der Waals surface area contributed by atoms with Crippen molar-refractivity contribution in [3.63, 3.8) is 0 Å². The predicted molar refractivity (Wildman–Crippen MR) is 100 cm³/mol. The first-order chi connectivity index (χ1) is 13.8. The maximum Gasteiger partial charge on any atom is 0.350 e. The molecule has 3 rings (SSSR count). The summed E-state index contributed by atoms with van der Waals surface area (Å²) in [4.78, 5) is 23.7. The summed E-state index contributed by atoms with van der Waals surface area (Å²) >= 11 is 0. The van der Waals surface area contributed by atoms with Gasteiger partial charge < -0.3 is 33.9 Å². The molecule has 2 aromatic rings. The van der Waals surface area contributed by atoms with Crippen LogP contribution in [0, 0.1) is 6.92 Å². The molecular formula is C20H22O9. The van der Waals surface area contributed by atoms with Crippen molar-refractivity contribution in [1.82, 2.24) is 0 Å². The fourth-order valence-corrected chi connectivity index (χ4v) is 2.83. The Morgan fingerprint density at radius 3 is 2.72 bits per heavy atom. The predicted octanol–water partition coefficient (Wildman–Crippen LogP) is 1.67. The number of aliphatic hydroxyl groups excluding tert-OH is 3. The monoisotopic (exact) mass is 406 g/mol. The zero-order valence-electron chi connectivity index (χ0n) is 16.0. The third-order valence-corrected chi connectivity index (χ3v) is 4.46. The Bertz CT molecular complexity index is 991. The zero-order valence-corrected chi connectivity index (χ0v) is 16.0. The lowest BCUT2D eigenvalue weighted by atomic mass is 10.0. The van der Waals surface area contributed by atoms with Crippen molar-refractivity contribution in [3.8, 4) is 5.75 Å². The highest BCUT2D eigenvalue weighted by molar-refractivity contribution is 5.81. The first kappa shape index (κ1) is 20.7. The number of carbonyl (C=O) groups excluding carboxylic acids is 1. The maximum atomic E-state index is 12.2. The lowest BCUT2D eigenvalue weighted by Gasteiger charge is -2.31. The van der Waals surface area contributed by atoms with Crippen molar-refractivity contribution in [2.75, 3.05) is 6.61 Å². The highest BCUT2D eigenvalue weighted by Crippen LogP contribution is 2.29. The topological polar surface area (TPSA) is 136 Å². The van der Waals surface area contributed by atoms with Gasteiger partial charge in [-0.05, 0) is 31.0 Å². The lowest BCUT2D eigenvalue weighted by molar-refractivity contribution is -0.177. The third kappa shape index (κ3) is 4.36. The molecule has 0 saturated heterocycles. The second-order valence-electron chi connectivity index (χ2n) is 6.68. The molecule has 0 fully saturated rings. The number of hydrogen-bond donors (Lipinski definition) is 3. The van der Waals surface area contributed by atoms with E-state index in [0.717, 1.165) is 6.42 Å². The molecule has 0 radical (unpaired) electrons. The Morgan fingerprint density at radius 1 is 1.24 bits per heavy atom. The fraction of sp³-hybridized carbons (Fsp3) is 0.400. The minimum absolute atomic E-state index is 0.120. The van der Waals surface area contributed by atoms with Crippen molar-refractivity contribution in [3.05, 3.63) is 52.0 Å². The smallest absolute Gasteiger partial charge is 0.350 e. The van der Waals surface area contributed by atoms with E-state index in [9.17, 15) is 24.9 Å². The van der Waals surface area contributed by atoms with Gasteiger partial charge in [0.2, 0.25) is 11.9 Å². The van der Waals surface area contributed by atoms with Gasteiger partial charge in [0.05, 0.1) is 6.61 Å². The second kappa shape index (κ2) is 8.54. The molecule has 2 heterocycles. The normalized spacial score (nSPS) is 21.7. The molecule has 3 atom stereocenters. The molecule has 0 saturated carbocycles. The van der Waals surface area contributed by atoms with Crippen LogP contribution in [0.4, 0.5) is 0 Å². The summed E-state index contributed by atoms with van der Waals surface area (Å²) in [5.41, 5.74) is 0.434. The number of benzene rings is 1. The molecule has 1 aromatic carbocycles. The first-order valence-electron chi connectivity index (χ1n) is 9.16. The van der Waals surface area contributed by atoms with E-state index in [1.807, 2.05) is 6.92 Å². The van der Waals surface area contributed by atoms with Gasteiger partial charge in [0, 0.05) is 17.5 Å². The van der Waals surface area contributed by atoms with Gasteiger partial charge in [-0.2, -0.15) is 0 Å². The van der Waals surface area contributed by atoms with Crippen molar-refractivity contribution < 1.29 is 38.7 Å². The van der Waals surface area contributed by atoms with E-state index in [-0.39, 0.29) is 17.9 Å². The Hall–Kier alpha value is -3.04. The number of hydrogen-bond acceptors (Lipinski definition) is 9. The highest BCUT2D eigenvalue weighted by atomic mass is 16.7. The quantitative estimate of drug-likeness (QED) is 0.372. The van der Waals surface area contributed by atoms with E-state index >= 15 is 0 Å². The molecule has 9 nitrogen and oxygen atoms in total. The summed E-state index contributed by atoms with van der Waals surface area (Å²) in [6.07, 6.45) is -3.68. The van der Waals surface area contributed by atoms with E-state index in [1.165, 1.54) is 18.2 Å². The summed E-state index contributed by atoms with van der Waals surface area (Å²) in [5.74, 6) is -2.11.